The van der Waals surface area contributed by atoms with Crippen LogP contribution in [0.1, 0.15) is 11.3 Å². The predicted octanol–water partition coefficient (Wildman–Crippen LogP) is 0.922. The lowest BCUT2D eigenvalue weighted by atomic mass is 10.2. The molecule has 1 saturated heterocycles. The molecule has 118 valence electrons. The zero-order valence-corrected chi connectivity index (χ0v) is 12.4. The third-order valence-corrected chi connectivity index (χ3v) is 3.88. The van der Waals surface area contributed by atoms with Crippen LogP contribution >= 0.6 is 0 Å². The van der Waals surface area contributed by atoms with Gasteiger partial charge in [0.1, 0.15) is 5.82 Å². The van der Waals surface area contributed by atoms with Gasteiger partial charge in [-0.25, -0.2) is 9.07 Å². The SMILES string of the molecule is Nc1nnn(Cc2ccc(F)cc2)c1CCN1CCOCC1. The molecular formula is C15H20FN5O. The van der Waals surface area contributed by atoms with E-state index in [9.17, 15) is 4.39 Å². The Morgan fingerprint density at radius 3 is 2.64 bits per heavy atom. The van der Waals surface area contributed by atoms with E-state index in [-0.39, 0.29) is 5.82 Å². The maximum atomic E-state index is 13.0. The maximum Gasteiger partial charge on any atom is 0.169 e. The van der Waals surface area contributed by atoms with Gasteiger partial charge in [0.25, 0.3) is 0 Å². The van der Waals surface area contributed by atoms with Crippen LogP contribution in [0.25, 0.3) is 0 Å². The van der Waals surface area contributed by atoms with Crippen LogP contribution in [-0.4, -0.2) is 52.7 Å². The average Bonchev–Trinajstić information content (AvgIpc) is 2.89. The number of nitrogen functional groups attached to an aromatic ring is 1. The van der Waals surface area contributed by atoms with Gasteiger partial charge < -0.3 is 10.5 Å². The molecule has 7 heteroatoms. The maximum absolute atomic E-state index is 13.0. The number of hydrogen-bond donors (Lipinski definition) is 1. The zero-order chi connectivity index (χ0) is 15.4. The van der Waals surface area contributed by atoms with Gasteiger partial charge in [-0.15, -0.1) is 5.10 Å². The largest absolute Gasteiger partial charge is 0.381 e. The molecule has 6 nitrogen and oxygen atoms in total. The van der Waals surface area contributed by atoms with Gasteiger partial charge in [0.15, 0.2) is 5.82 Å². The van der Waals surface area contributed by atoms with Crippen LogP contribution in [0.15, 0.2) is 24.3 Å². The van der Waals surface area contributed by atoms with E-state index in [2.05, 4.69) is 15.2 Å². The van der Waals surface area contributed by atoms with Gasteiger partial charge in [-0.2, -0.15) is 0 Å². The summed E-state index contributed by atoms with van der Waals surface area (Å²) in [5, 5.41) is 8.07. The van der Waals surface area contributed by atoms with Crippen LogP contribution < -0.4 is 5.73 Å². The molecule has 0 amide bonds. The Bertz CT molecular complexity index is 607. The fourth-order valence-electron chi connectivity index (χ4n) is 2.58. The van der Waals surface area contributed by atoms with Crippen molar-refractivity contribution in [3.05, 3.63) is 41.3 Å². The molecule has 1 fully saturated rings. The number of morpholine rings is 1. The number of hydrogen-bond acceptors (Lipinski definition) is 5. The molecule has 2 aromatic rings. The van der Waals surface area contributed by atoms with Gasteiger partial charge in [-0.1, -0.05) is 17.3 Å². The monoisotopic (exact) mass is 305 g/mol. The average molecular weight is 305 g/mol. The number of benzene rings is 1. The molecule has 1 aromatic heterocycles. The Kier molecular flexibility index (Phi) is 4.65. The molecule has 1 aliphatic heterocycles. The molecule has 0 spiro atoms. The summed E-state index contributed by atoms with van der Waals surface area (Å²) in [5.41, 5.74) is 7.84. The molecule has 0 atom stereocenters. The number of nitrogens with two attached hydrogens (primary N) is 1. The summed E-state index contributed by atoms with van der Waals surface area (Å²) in [4.78, 5) is 2.35. The number of rotatable bonds is 5. The summed E-state index contributed by atoms with van der Waals surface area (Å²) in [7, 11) is 0. The summed E-state index contributed by atoms with van der Waals surface area (Å²) in [6, 6.07) is 6.39. The third kappa shape index (κ3) is 3.61. The first-order valence-electron chi connectivity index (χ1n) is 7.45. The highest BCUT2D eigenvalue weighted by molar-refractivity contribution is 5.33. The second kappa shape index (κ2) is 6.85. The summed E-state index contributed by atoms with van der Waals surface area (Å²) < 4.78 is 20.1. The van der Waals surface area contributed by atoms with Crippen molar-refractivity contribution in [1.29, 1.82) is 0 Å². The molecule has 0 aliphatic carbocycles. The van der Waals surface area contributed by atoms with E-state index in [0.29, 0.717) is 12.4 Å². The van der Waals surface area contributed by atoms with E-state index >= 15 is 0 Å². The van der Waals surface area contributed by atoms with E-state index in [1.807, 2.05) is 0 Å². The number of halogens is 1. The molecule has 2 N–H and O–H groups in total. The molecule has 2 heterocycles. The first-order chi connectivity index (χ1) is 10.7. The van der Waals surface area contributed by atoms with E-state index in [4.69, 9.17) is 10.5 Å². The van der Waals surface area contributed by atoms with Crippen LogP contribution in [0.5, 0.6) is 0 Å². The van der Waals surface area contributed by atoms with Crippen molar-refractivity contribution in [3.8, 4) is 0 Å². The molecule has 0 bridgehead atoms. The van der Waals surface area contributed by atoms with E-state index in [1.54, 1.807) is 16.8 Å². The molecule has 0 radical (unpaired) electrons. The van der Waals surface area contributed by atoms with Gasteiger partial charge in [-0.3, -0.25) is 4.90 Å². The summed E-state index contributed by atoms with van der Waals surface area (Å²) in [6.07, 6.45) is 0.792. The third-order valence-electron chi connectivity index (χ3n) is 3.88. The standard InChI is InChI=1S/C15H20FN5O/c16-13-3-1-12(2-4-13)11-21-14(15(17)18-19-21)5-6-20-7-9-22-10-8-20/h1-4H,5-11,17H2. The van der Waals surface area contributed by atoms with Gasteiger partial charge in [0.2, 0.25) is 0 Å². The lowest BCUT2D eigenvalue weighted by molar-refractivity contribution is 0.0382. The van der Waals surface area contributed by atoms with Crippen LogP contribution in [0.4, 0.5) is 10.2 Å². The fourth-order valence-corrected chi connectivity index (χ4v) is 2.58. The molecule has 22 heavy (non-hydrogen) atoms. The minimum absolute atomic E-state index is 0.241. The molecule has 3 rings (SSSR count). The smallest absolute Gasteiger partial charge is 0.169 e. The second-order valence-corrected chi connectivity index (χ2v) is 5.41. The van der Waals surface area contributed by atoms with E-state index in [1.165, 1.54) is 12.1 Å². The summed E-state index contributed by atoms with van der Waals surface area (Å²) in [5.74, 6) is 0.227. The zero-order valence-electron chi connectivity index (χ0n) is 12.4. The summed E-state index contributed by atoms with van der Waals surface area (Å²) >= 11 is 0. The number of ether oxygens (including phenoxy) is 1. The van der Waals surface area contributed by atoms with Crippen LogP contribution in [0.3, 0.4) is 0 Å². The predicted molar refractivity (Wildman–Crippen MR) is 80.9 cm³/mol. The Morgan fingerprint density at radius 2 is 1.91 bits per heavy atom. The minimum Gasteiger partial charge on any atom is -0.381 e. The molecule has 0 saturated carbocycles. The Morgan fingerprint density at radius 1 is 1.18 bits per heavy atom. The highest BCUT2D eigenvalue weighted by Crippen LogP contribution is 2.13. The molecule has 1 aliphatic rings. The van der Waals surface area contributed by atoms with Gasteiger partial charge in [0.05, 0.1) is 25.5 Å². The fraction of sp³-hybridized carbons (Fsp3) is 0.467. The van der Waals surface area contributed by atoms with Gasteiger partial charge in [-0.05, 0) is 17.7 Å². The lowest BCUT2D eigenvalue weighted by Crippen LogP contribution is -2.37. The summed E-state index contributed by atoms with van der Waals surface area (Å²) in [6.45, 7) is 4.90. The van der Waals surface area contributed by atoms with Crippen molar-refractivity contribution in [2.75, 3.05) is 38.6 Å². The van der Waals surface area contributed by atoms with Crippen molar-refractivity contribution in [1.82, 2.24) is 19.9 Å². The first kappa shape index (κ1) is 14.9. The lowest BCUT2D eigenvalue weighted by Gasteiger charge is -2.26. The van der Waals surface area contributed by atoms with E-state index in [0.717, 1.165) is 50.5 Å². The topological polar surface area (TPSA) is 69.2 Å². The second-order valence-electron chi connectivity index (χ2n) is 5.41. The van der Waals surface area contributed by atoms with Gasteiger partial charge in [0, 0.05) is 26.1 Å². The van der Waals surface area contributed by atoms with Crippen LogP contribution in [0, 0.1) is 5.82 Å². The number of aromatic nitrogens is 3. The minimum atomic E-state index is -0.241. The highest BCUT2D eigenvalue weighted by atomic mass is 19.1. The number of nitrogens with zero attached hydrogens (tertiary/aromatic N) is 4. The van der Waals surface area contributed by atoms with Crippen molar-refractivity contribution in [2.24, 2.45) is 0 Å². The van der Waals surface area contributed by atoms with Crippen LogP contribution in [-0.2, 0) is 17.7 Å². The van der Waals surface area contributed by atoms with Crippen molar-refractivity contribution >= 4 is 5.82 Å². The van der Waals surface area contributed by atoms with Crippen LogP contribution in [0.2, 0.25) is 0 Å². The van der Waals surface area contributed by atoms with Gasteiger partial charge >= 0.3 is 0 Å². The number of anilines is 1. The van der Waals surface area contributed by atoms with E-state index < -0.39 is 0 Å². The Balaban J connectivity index is 1.66. The Labute approximate surface area is 128 Å². The highest BCUT2D eigenvalue weighted by Gasteiger charge is 2.15. The van der Waals surface area contributed by atoms with Crippen molar-refractivity contribution < 1.29 is 9.13 Å². The quantitative estimate of drug-likeness (QED) is 0.889. The normalized spacial score (nSPS) is 16.0. The molecule has 0 unspecified atom stereocenters. The molecular weight excluding hydrogens is 285 g/mol. The Hall–Kier alpha value is -1.99. The van der Waals surface area contributed by atoms with Crippen molar-refractivity contribution in [2.45, 2.75) is 13.0 Å². The molecule has 1 aromatic carbocycles. The first-order valence-corrected chi connectivity index (χ1v) is 7.45. The van der Waals surface area contributed by atoms with Crippen molar-refractivity contribution in [3.63, 3.8) is 0 Å².